The molecule has 0 aliphatic heterocycles. The third kappa shape index (κ3) is 4.82. The van der Waals surface area contributed by atoms with E-state index in [4.69, 9.17) is 21.6 Å². The number of nitrogens with one attached hydrogen (secondary N) is 2. The van der Waals surface area contributed by atoms with Crippen molar-refractivity contribution in [3.05, 3.63) is 71.2 Å². The van der Waals surface area contributed by atoms with E-state index in [1.54, 1.807) is 36.4 Å². The van der Waals surface area contributed by atoms with Gasteiger partial charge in [0.2, 0.25) is 11.9 Å². The minimum absolute atomic E-state index is 0.150. The summed E-state index contributed by atoms with van der Waals surface area (Å²) in [5.74, 6) is 1.32. The van der Waals surface area contributed by atoms with Crippen molar-refractivity contribution in [3.8, 4) is 17.8 Å². The second kappa shape index (κ2) is 9.28. The molecule has 0 fully saturated rings. The Bertz CT molecular complexity index is 1250. The molecule has 0 amide bonds. The van der Waals surface area contributed by atoms with Crippen molar-refractivity contribution < 1.29 is 4.74 Å². The molecule has 0 atom stereocenters. The maximum Gasteiger partial charge on any atom is 0.328 e. The molecule has 0 saturated heterocycles. The SMILES string of the molecule is CCCNc1nc(Nc2ccc(C#N)cc2)nc(Oc2ccc(Cl)c3ccccc23)n1. The number of hydrogen-bond donors (Lipinski definition) is 2. The Morgan fingerprint density at radius 3 is 2.42 bits per heavy atom. The summed E-state index contributed by atoms with van der Waals surface area (Å²) in [6.07, 6.45) is 0.919. The fourth-order valence-electron chi connectivity index (χ4n) is 2.95. The molecule has 1 aromatic heterocycles. The van der Waals surface area contributed by atoms with Crippen LogP contribution in [-0.2, 0) is 0 Å². The summed E-state index contributed by atoms with van der Waals surface area (Å²) in [4.78, 5) is 13.2. The highest BCUT2D eigenvalue weighted by molar-refractivity contribution is 6.35. The molecule has 0 aliphatic carbocycles. The van der Waals surface area contributed by atoms with E-state index >= 15 is 0 Å². The fourth-order valence-corrected chi connectivity index (χ4v) is 3.18. The van der Waals surface area contributed by atoms with Crippen LogP contribution < -0.4 is 15.4 Å². The number of fused-ring (bicyclic) bond motifs is 1. The highest BCUT2D eigenvalue weighted by Crippen LogP contribution is 2.33. The molecule has 8 heteroatoms. The Morgan fingerprint density at radius 2 is 1.68 bits per heavy atom. The monoisotopic (exact) mass is 430 g/mol. The zero-order valence-corrected chi connectivity index (χ0v) is 17.5. The van der Waals surface area contributed by atoms with Crippen LogP contribution in [-0.4, -0.2) is 21.5 Å². The van der Waals surface area contributed by atoms with Gasteiger partial charge in [-0.05, 0) is 42.8 Å². The summed E-state index contributed by atoms with van der Waals surface area (Å²) in [5, 5.41) is 17.7. The van der Waals surface area contributed by atoms with Crippen LogP contribution >= 0.6 is 11.6 Å². The normalized spacial score (nSPS) is 10.5. The van der Waals surface area contributed by atoms with Crippen molar-refractivity contribution in [1.29, 1.82) is 5.26 Å². The molecule has 0 aliphatic rings. The molecule has 0 radical (unpaired) electrons. The van der Waals surface area contributed by atoms with Crippen molar-refractivity contribution in [2.75, 3.05) is 17.2 Å². The van der Waals surface area contributed by atoms with Crippen molar-refractivity contribution in [1.82, 2.24) is 15.0 Å². The number of anilines is 3. The number of rotatable bonds is 7. The van der Waals surface area contributed by atoms with Gasteiger partial charge in [-0.2, -0.15) is 20.2 Å². The van der Waals surface area contributed by atoms with Gasteiger partial charge >= 0.3 is 6.01 Å². The van der Waals surface area contributed by atoms with Gasteiger partial charge in [0.1, 0.15) is 5.75 Å². The number of aromatic nitrogens is 3. The van der Waals surface area contributed by atoms with Gasteiger partial charge in [-0.15, -0.1) is 0 Å². The Kier molecular flexibility index (Phi) is 6.11. The van der Waals surface area contributed by atoms with E-state index in [0.717, 1.165) is 22.9 Å². The lowest BCUT2D eigenvalue weighted by Crippen LogP contribution is -2.09. The summed E-state index contributed by atoms with van der Waals surface area (Å²) in [7, 11) is 0. The quantitative estimate of drug-likeness (QED) is 0.376. The minimum atomic E-state index is 0.150. The number of halogens is 1. The van der Waals surface area contributed by atoms with Crippen molar-refractivity contribution in [2.24, 2.45) is 0 Å². The highest BCUT2D eigenvalue weighted by atomic mass is 35.5. The van der Waals surface area contributed by atoms with E-state index in [2.05, 4.69) is 38.6 Å². The van der Waals surface area contributed by atoms with E-state index < -0.39 is 0 Å². The zero-order valence-electron chi connectivity index (χ0n) is 16.8. The lowest BCUT2D eigenvalue weighted by molar-refractivity contribution is 0.446. The average molecular weight is 431 g/mol. The first-order chi connectivity index (χ1) is 15.2. The third-order valence-corrected chi connectivity index (χ3v) is 4.78. The van der Waals surface area contributed by atoms with Crippen LogP contribution in [0.25, 0.3) is 10.8 Å². The van der Waals surface area contributed by atoms with Crippen LogP contribution in [0.2, 0.25) is 5.02 Å². The van der Waals surface area contributed by atoms with E-state index in [0.29, 0.717) is 34.8 Å². The summed E-state index contributed by atoms with van der Waals surface area (Å²) in [6.45, 7) is 2.77. The molecule has 4 aromatic rings. The van der Waals surface area contributed by atoms with Gasteiger partial charge < -0.3 is 15.4 Å². The molecule has 31 heavy (non-hydrogen) atoms. The van der Waals surface area contributed by atoms with Crippen LogP contribution in [0.5, 0.6) is 11.8 Å². The standard InChI is InChI=1S/C23H19ClN6O/c1-2-13-26-21-28-22(27-16-9-7-15(14-25)8-10-16)30-23(29-21)31-20-12-11-19(24)17-5-3-4-6-18(17)20/h3-12H,2,13H2,1H3,(H2,26,27,28,29,30). The van der Waals surface area contributed by atoms with Crippen LogP contribution in [0.4, 0.5) is 17.6 Å². The zero-order chi connectivity index (χ0) is 21.6. The highest BCUT2D eigenvalue weighted by Gasteiger charge is 2.12. The maximum absolute atomic E-state index is 8.97. The molecule has 7 nitrogen and oxygen atoms in total. The topological polar surface area (TPSA) is 95.8 Å². The molecule has 0 bridgehead atoms. The maximum atomic E-state index is 8.97. The smallest absolute Gasteiger partial charge is 0.328 e. The number of benzene rings is 3. The van der Waals surface area contributed by atoms with Gasteiger partial charge in [0.25, 0.3) is 0 Å². The van der Waals surface area contributed by atoms with E-state index in [9.17, 15) is 0 Å². The van der Waals surface area contributed by atoms with E-state index in [1.165, 1.54) is 0 Å². The minimum Gasteiger partial charge on any atom is -0.423 e. The molecule has 0 saturated carbocycles. The van der Waals surface area contributed by atoms with Gasteiger partial charge in [-0.25, -0.2) is 0 Å². The molecular weight excluding hydrogens is 412 g/mol. The Morgan fingerprint density at radius 1 is 0.935 bits per heavy atom. The van der Waals surface area contributed by atoms with Crippen molar-refractivity contribution in [3.63, 3.8) is 0 Å². The lowest BCUT2D eigenvalue weighted by Gasteiger charge is -2.12. The summed E-state index contributed by atoms with van der Waals surface area (Å²) in [6, 6.07) is 20.6. The van der Waals surface area contributed by atoms with Gasteiger partial charge in [0, 0.05) is 28.0 Å². The Hall–Kier alpha value is -3.89. The number of nitriles is 1. The molecule has 1 heterocycles. The molecule has 4 rings (SSSR count). The molecule has 0 spiro atoms. The van der Waals surface area contributed by atoms with Crippen molar-refractivity contribution in [2.45, 2.75) is 13.3 Å². The van der Waals surface area contributed by atoms with Gasteiger partial charge in [0.15, 0.2) is 0 Å². The number of nitrogens with zero attached hydrogens (tertiary/aromatic N) is 4. The van der Waals surface area contributed by atoms with Crippen LogP contribution in [0.15, 0.2) is 60.7 Å². The molecule has 154 valence electrons. The number of hydrogen-bond acceptors (Lipinski definition) is 7. The van der Waals surface area contributed by atoms with E-state index in [-0.39, 0.29) is 6.01 Å². The Balaban J connectivity index is 1.67. The largest absolute Gasteiger partial charge is 0.423 e. The second-order valence-corrected chi connectivity index (χ2v) is 7.11. The molecule has 0 unspecified atom stereocenters. The van der Waals surface area contributed by atoms with Crippen LogP contribution in [0, 0.1) is 11.3 Å². The molecule has 3 aromatic carbocycles. The summed E-state index contributed by atoms with van der Waals surface area (Å²) < 4.78 is 6.04. The predicted molar refractivity (Wildman–Crippen MR) is 122 cm³/mol. The van der Waals surface area contributed by atoms with Crippen LogP contribution in [0.1, 0.15) is 18.9 Å². The van der Waals surface area contributed by atoms with Gasteiger partial charge in [0.05, 0.1) is 11.6 Å². The lowest BCUT2D eigenvalue weighted by atomic mass is 10.1. The van der Waals surface area contributed by atoms with Crippen LogP contribution in [0.3, 0.4) is 0 Å². The first-order valence-electron chi connectivity index (χ1n) is 9.78. The van der Waals surface area contributed by atoms with E-state index in [1.807, 2.05) is 24.3 Å². The predicted octanol–water partition coefficient (Wildman–Crippen LogP) is 5.91. The Labute approximate surface area is 184 Å². The number of ether oxygens (including phenoxy) is 1. The first-order valence-corrected chi connectivity index (χ1v) is 10.2. The molecule has 2 N–H and O–H groups in total. The first kappa shape index (κ1) is 20.4. The average Bonchev–Trinajstić information content (AvgIpc) is 2.80. The summed E-state index contributed by atoms with van der Waals surface area (Å²) >= 11 is 6.31. The van der Waals surface area contributed by atoms with Crippen molar-refractivity contribution >= 4 is 40.0 Å². The van der Waals surface area contributed by atoms with Gasteiger partial charge in [-0.3, -0.25) is 0 Å². The third-order valence-electron chi connectivity index (χ3n) is 4.45. The molecular formula is C23H19ClN6O. The fraction of sp³-hybridized carbons (Fsp3) is 0.130. The second-order valence-electron chi connectivity index (χ2n) is 6.70. The van der Waals surface area contributed by atoms with Gasteiger partial charge in [-0.1, -0.05) is 42.8 Å². The summed E-state index contributed by atoms with van der Waals surface area (Å²) in [5.41, 5.74) is 1.32.